The number of piperazine rings is 1. The molecular weight excluding hydrogens is 695 g/mol. The van der Waals surface area contributed by atoms with Crippen LogP contribution in [0.4, 0.5) is 19.0 Å². The van der Waals surface area contributed by atoms with Gasteiger partial charge < -0.3 is 24.5 Å². The van der Waals surface area contributed by atoms with Crippen LogP contribution in [0.25, 0.3) is 32.9 Å². The monoisotopic (exact) mass is 733 g/mol. The number of nitriles is 1. The summed E-state index contributed by atoms with van der Waals surface area (Å²) in [5.41, 5.74) is -0.685. The molecule has 1 N–H and O–H groups in total. The molecule has 1 aliphatic carbocycles. The Hall–Kier alpha value is -5.58. The van der Waals surface area contributed by atoms with Gasteiger partial charge in [0.15, 0.2) is 5.82 Å². The third kappa shape index (κ3) is 6.39. The number of phenolic OH excluding ortho intramolecular Hbond substituents is 1. The molecule has 0 radical (unpaired) electrons. The van der Waals surface area contributed by atoms with E-state index < -0.39 is 17.8 Å². The molecular formula is C41H38F3N7O3. The van der Waals surface area contributed by atoms with Gasteiger partial charge in [0.2, 0.25) is 5.91 Å². The molecule has 5 heterocycles. The number of phenols is 1. The van der Waals surface area contributed by atoms with Gasteiger partial charge in [-0.3, -0.25) is 4.79 Å². The maximum atomic E-state index is 17.2. The molecule has 2 aromatic heterocycles. The van der Waals surface area contributed by atoms with Gasteiger partial charge in [-0.1, -0.05) is 12.0 Å². The lowest BCUT2D eigenvalue weighted by Crippen LogP contribution is -2.56. The molecule has 1 saturated carbocycles. The van der Waals surface area contributed by atoms with Crippen LogP contribution in [0.2, 0.25) is 0 Å². The smallest absolute Gasteiger partial charge is 0.319 e. The average molecular weight is 734 g/mol. The standard InChI is InChI=1S/C41H38F3N7O3/c1-3-29-31(43)10-7-24-18-28(52)19-30(34(24)29)37-36(44)38-35(32(4-2)46-37)39(50-20-26-8-9-27(21-50)51(26)33(53)6-5-15-45)48-40(47-38)54-23-41(13-14-41)22-49-16-11-25(42)12-17-49/h1-2,7,10,18-19,25-27,52H,5-6,8-9,11-14,16-17,20-23H2. The maximum absolute atomic E-state index is 17.2. The van der Waals surface area contributed by atoms with Gasteiger partial charge >= 0.3 is 6.01 Å². The molecule has 2 atom stereocenters. The van der Waals surface area contributed by atoms with Crippen LogP contribution in [0.1, 0.15) is 62.6 Å². The van der Waals surface area contributed by atoms with Gasteiger partial charge in [-0.25, -0.2) is 18.2 Å². The first-order valence-corrected chi connectivity index (χ1v) is 18.3. The summed E-state index contributed by atoms with van der Waals surface area (Å²) in [5, 5.41) is 20.5. The van der Waals surface area contributed by atoms with Crippen molar-refractivity contribution >= 4 is 33.4 Å². The van der Waals surface area contributed by atoms with Crippen LogP contribution in [0.3, 0.4) is 0 Å². The van der Waals surface area contributed by atoms with Gasteiger partial charge in [-0.05, 0) is 68.0 Å². The zero-order valence-corrected chi connectivity index (χ0v) is 29.6. The number of halogens is 3. The molecule has 54 heavy (non-hydrogen) atoms. The Morgan fingerprint density at radius 2 is 1.76 bits per heavy atom. The SMILES string of the molecule is C#Cc1c(F)ccc2cc(O)cc(-c3nc(C#C)c4c(N5CC6CCC(C5)N6C(=O)CCC#N)nc(OCC5(CN6CCC(F)CC6)CC5)nc4c3F)c12. The number of pyridine rings is 1. The fourth-order valence-electron chi connectivity index (χ4n) is 8.52. The van der Waals surface area contributed by atoms with Crippen LogP contribution in [0, 0.1) is 53.1 Å². The summed E-state index contributed by atoms with van der Waals surface area (Å²) in [6, 6.07) is 6.95. The second-order valence-corrected chi connectivity index (χ2v) is 15.0. The van der Waals surface area contributed by atoms with Crippen molar-refractivity contribution in [2.45, 2.75) is 69.6 Å². The molecule has 3 aliphatic heterocycles. The third-order valence-corrected chi connectivity index (χ3v) is 11.4. The van der Waals surface area contributed by atoms with Crippen molar-refractivity contribution in [3.8, 4) is 53.8 Å². The summed E-state index contributed by atoms with van der Waals surface area (Å²) < 4.78 is 52.4. The molecule has 4 aliphatic rings. The van der Waals surface area contributed by atoms with Crippen molar-refractivity contribution in [2.75, 3.05) is 44.2 Å². The number of rotatable bonds is 9. The molecule has 8 rings (SSSR count). The van der Waals surface area contributed by atoms with E-state index in [1.165, 1.54) is 24.3 Å². The fourth-order valence-corrected chi connectivity index (χ4v) is 8.52. The largest absolute Gasteiger partial charge is 0.508 e. The van der Waals surface area contributed by atoms with Gasteiger partial charge in [0, 0.05) is 74.0 Å². The summed E-state index contributed by atoms with van der Waals surface area (Å²) in [5.74, 6) is 3.37. The lowest BCUT2D eigenvalue weighted by molar-refractivity contribution is -0.134. The Morgan fingerprint density at radius 1 is 1.02 bits per heavy atom. The van der Waals surface area contributed by atoms with Gasteiger partial charge in [0.1, 0.15) is 40.5 Å². The summed E-state index contributed by atoms with van der Waals surface area (Å²) in [4.78, 5) is 33.2. The Labute approximate surface area is 310 Å². The van der Waals surface area contributed by atoms with E-state index >= 15 is 8.78 Å². The highest BCUT2D eigenvalue weighted by molar-refractivity contribution is 6.04. The van der Waals surface area contributed by atoms with E-state index in [1.807, 2.05) is 15.9 Å². The number of carbonyl (C=O) groups is 1. The predicted molar refractivity (Wildman–Crippen MR) is 196 cm³/mol. The topological polar surface area (TPSA) is 119 Å². The number of ether oxygens (including phenoxy) is 1. The number of benzene rings is 2. The molecule has 2 unspecified atom stereocenters. The number of anilines is 1. The first kappa shape index (κ1) is 35.4. The van der Waals surface area contributed by atoms with E-state index in [2.05, 4.69) is 26.7 Å². The molecule has 10 nitrogen and oxygen atoms in total. The Kier molecular flexibility index (Phi) is 9.19. The van der Waals surface area contributed by atoms with Crippen LogP contribution in [0.15, 0.2) is 24.3 Å². The number of alkyl halides is 1. The highest BCUT2D eigenvalue weighted by Crippen LogP contribution is 2.47. The zero-order valence-electron chi connectivity index (χ0n) is 29.6. The van der Waals surface area contributed by atoms with Gasteiger partial charge in [0.05, 0.1) is 23.6 Å². The van der Waals surface area contributed by atoms with E-state index in [9.17, 15) is 14.3 Å². The van der Waals surface area contributed by atoms with E-state index in [1.54, 1.807) is 0 Å². The number of carbonyl (C=O) groups excluding carboxylic acids is 1. The molecule has 3 saturated heterocycles. The van der Waals surface area contributed by atoms with E-state index in [-0.39, 0.29) is 93.4 Å². The minimum Gasteiger partial charge on any atom is -0.508 e. The van der Waals surface area contributed by atoms with Gasteiger partial charge in [-0.2, -0.15) is 15.2 Å². The van der Waals surface area contributed by atoms with Crippen LogP contribution < -0.4 is 9.64 Å². The first-order chi connectivity index (χ1) is 26.1. The summed E-state index contributed by atoms with van der Waals surface area (Å²) in [6.45, 7) is 3.13. The number of aromatic nitrogens is 3. The molecule has 4 aromatic rings. The molecule has 276 valence electrons. The minimum atomic E-state index is -0.889. The predicted octanol–water partition coefficient (Wildman–Crippen LogP) is 5.87. The summed E-state index contributed by atoms with van der Waals surface area (Å²) in [6.07, 6.45) is 15.6. The third-order valence-electron chi connectivity index (χ3n) is 11.4. The number of amides is 1. The summed E-state index contributed by atoms with van der Waals surface area (Å²) in [7, 11) is 0. The molecule has 1 amide bonds. The first-order valence-electron chi connectivity index (χ1n) is 18.3. The minimum absolute atomic E-state index is 0.0212. The van der Waals surface area contributed by atoms with Crippen molar-refractivity contribution in [3.05, 3.63) is 47.2 Å². The van der Waals surface area contributed by atoms with Crippen molar-refractivity contribution in [2.24, 2.45) is 5.41 Å². The molecule has 0 spiro atoms. The van der Waals surface area contributed by atoms with Crippen LogP contribution in [0.5, 0.6) is 11.8 Å². The van der Waals surface area contributed by atoms with E-state index in [0.29, 0.717) is 50.2 Å². The molecule has 2 bridgehead atoms. The van der Waals surface area contributed by atoms with Crippen molar-refractivity contribution in [3.63, 3.8) is 0 Å². The number of terminal acetylenes is 2. The highest BCUT2D eigenvalue weighted by atomic mass is 19.1. The molecule has 4 fully saturated rings. The van der Waals surface area contributed by atoms with Gasteiger partial charge in [0.25, 0.3) is 0 Å². The van der Waals surface area contributed by atoms with Gasteiger partial charge in [-0.15, -0.1) is 12.8 Å². The van der Waals surface area contributed by atoms with Crippen LogP contribution in [-0.2, 0) is 4.79 Å². The Balaban J connectivity index is 1.23. The molecule has 13 heteroatoms. The summed E-state index contributed by atoms with van der Waals surface area (Å²) >= 11 is 0. The number of likely N-dealkylation sites (tertiary alicyclic amines) is 1. The molecule has 2 aromatic carbocycles. The number of piperidine rings is 1. The van der Waals surface area contributed by atoms with Crippen molar-refractivity contribution in [1.82, 2.24) is 24.8 Å². The fraction of sp³-hybridized carbons (Fsp3) is 0.439. The average Bonchev–Trinajstić information content (AvgIpc) is 3.89. The number of aromatic hydroxyl groups is 1. The van der Waals surface area contributed by atoms with E-state index in [4.69, 9.17) is 27.8 Å². The second-order valence-electron chi connectivity index (χ2n) is 15.0. The Bertz CT molecular complexity index is 2290. The quantitative estimate of drug-likeness (QED) is 0.211. The maximum Gasteiger partial charge on any atom is 0.319 e. The lowest BCUT2D eigenvalue weighted by atomic mass is 9.95. The Morgan fingerprint density at radius 3 is 2.43 bits per heavy atom. The number of nitrogens with zero attached hydrogens (tertiary/aromatic N) is 7. The highest BCUT2D eigenvalue weighted by Gasteiger charge is 2.46. The number of hydrogen-bond donors (Lipinski definition) is 1. The van der Waals surface area contributed by atoms with E-state index in [0.717, 1.165) is 32.2 Å². The van der Waals surface area contributed by atoms with Crippen LogP contribution in [-0.4, -0.2) is 93.4 Å². The lowest BCUT2D eigenvalue weighted by Gasteiger charge is -2.42. The number of fused-ring (bicyclic) bond motifs is 4. The zero-order chi connectivity index (χ0) is 37.7. The second kappa shape index (κ2) is 14.0. The van der Waals surface area contributed by atoms with Crippen molar-refractivity contribution in [1.29, 1.82) is 5.26 Å². The van der Waals surface area contributed by atoms with Crippen molar-refractivity contribution < 1.29 is 27.8 Å². The van der Waals surface area contributed by atoms with Crippen LogP contribution >= 0.6 is 0 Å². The number of hydrogen-bond acceptors (Lipinski definition) is 9. The normalized spacial score (nSPS) is 20.8.